The summed E-state index contributed by atoms with van der Waals surface area (Å²) in [6.07, 6.45) is 4.17. The van der Waals surface area contributed by atoms with Gasteiger partial charge in [0.2, 0.25) is 0 Å². The maximum Gasteiger partial charge on any atom is 0.254 e. The van der Waals surface area contributed by atoms with Gasteiger partial charge in [-0.25, -0.2) is 4.39 Å². The van der Waals surface area contributed by atoms with Crippen molar-refractivity contribution in [3.05, 3.63) is 47.2 Å². The smallest absolute Gasteiger partial charge is 0.254 e. The van der Waals surface area contributed by atoms with Gasteiger partial charge in [0, 0.05) is 24.9 Å². The number of likely N-dealkylation sites (tertiary alicyclic amines) is 1. The first kappa shape index (κ1) is 18.2. The van der Waals surface area contributed by atoms with E-state index in [-0.39, 0.29) is 11.8 Å². The second-order valence-corrected chi connectivity index (χ2v) is 7.59. The van der Waals surface area contributed by atoms with Crippen LogP contribution in [0.15, 0.2) is 40.7 Å². The quantitative estimate of drug-likeness (QED) is 0.809. The Kier molecular flexibility index (Phi) is 4.66. The molecule has 0 spiro atoms. The summed E-state index contributed by atoms with van der Waals surface area (Å²) in [7, 11) is 0. The molecule has 1 saturated heterocycles. The van der Waals surface area contributed by atoms with E-state index in [1.54, 1.807) is 36.2 Å². The topological polar surface area (TPSA) is 68.8 Å². The predicted molar refractivity (Wildman–Crippen MR) is 96.3 cm³/mol. The second kappa shape index (κ2) is 6.64. The van der Waals surface area contributed by atoms with Crippen LogP contribution in [0.4, 0.5) is 4.39 Å². The summed E-state index contributed by atoms with van der Waals surface area (Å²) >= 11 is 0. The number of alkyl halides is 1. The molecule has 2 aliphatic heterocycles. The minimum atomic E-state index is -1.22. The average molecular weight is 354 g/mol. The van der Waals surface area contributed by atoms with Gasteiger partial charge < -0.3 is 4.90 Å². The van der Waals surface area contributed by atoms with E-state index < -0.39 is 11.2 Å². The SMILES string of the molecule is CC(C)C1(c2cc(C#N)ccc2C(=O)N2CCC(C)(F)CC2)C=CN=N1. The summed E-state index contributed by atoms with van der Waals surface area (Å²) in [5, 5.41) is 17.7. The predicted octanol–water partition coefficient (Wildman–Crippen LogP) is 4.35. The van der Waals surface area contributed by atoms with Gasteiger partial charge >= 0.3 is 0 Å². The molecule has 0 aliphatic carbocycles. The summed E-state index contributed by atoms with van der Waals surface area (Å²) in [6.45, 7) is 6.38. The van der Waals surface area contributed by atoms with Crippen LogP contribution in [0.25, 0.3) is 0 Å². The number of nitrogens with zero attached hydrogens (tertiary/aromatic N) is 4. The Labute approximate surface area is 153 Å². The van der Waals surface area contributed by atoms with E-state index in [1.807, 2.05) is 19.9 Å². The van der Waals surface area contributed by atoms with Gasteiger partial charge in [-0.1, -0.05) is 13.8 Å². The molecule has 3 rings (SSSR count). The summed E-state index contributed by atoms with van der Waals surface area (Å²) in [5.74, 6) is -0.0866. The third kappa shape index (κ3) is 3.14. The lowest BCUT2D eigenvalue weighted by Gasteiger charge is -2.36. The normalized spacial score (nSPS) is 24.1. The Morgan fingerprint density at radius 1 is 1.35 bits per heavy atom. The van der Waals surface area contributed by atoms with Crippen LogP contribution in [0.3, 0.4) is 0 Å². The molecule has 6 heteroatoms. The Bertz CT molecular complexity index is 798. The zero-order valence-corrected chi connectivity index (χ0v) is 15.4. The first-order valence-electron chi connectivity index (χ1n) is 8.92. The lowest BCUT2D eigenvalue weighted by Crippen LogP contribution is -2.44. The summed E-state index contributed by atoms with van der Waals surface area (Å²) in [6, 6.07) is 7.19. The number of piperidine rings is 1. The van der Waals surface area contributed by atoms with Gasteiger partial charge in [0.05, 0.1) is 11.6 Å². The third-order valence-corrected chi connectivity index (χ3v) is 5.40. The van der Waals surface area contributed by atoms with E-state index >= 15 is 0 Å². The molecule has 0 N–H and O–H groups in total. The summed E-state index contributed by atoms with van der Waals surface area (Å²) in [4.78, 5) is 14.9. The van der Waals surface area contributed by atoms with Gasteiger partial charge in [-0.15, -0.1) is 0 Å². The molecule has 136 valence electrons. The highest BCUT2D eigenvalue weighted by Crippen LogP contribution is 2.41. The number of azo groups is 1. The van der Waals surface area contributed by atoms with Crippen LogP contribution < -0.4 is 0 Å². The molecule has 1 atom stereocenters. The van der Waals surface area contributed by atoms with Crippen LogP contribution in [0.1, 0.15) is 55.1 Å². The van der Waals surface area contributed by atoms with Gasteiger partial charge in [0.15, 0.2) is 0 Å². The van der Waals surface area contributed by atoms with Crippen LogP contribution >= 0.6 is 0 Å². The Balaban J connectivity index is 2.03. The zero-order valence-electron chi connectivity index (χ0n) is 15.4. The molecular weight excluding hydrogens is 331 g/mol. The van der Waals surface area contributed by atoms with Crippen molar-refractivity contribution in [3.8, 4) is 6.07 Å². The minimum Gasteiger partial charge on any atom is -0.338 e. The summed E-state index contributed by atoms with van der Waals surface area (Å²) < 4.78 is 14.1. The molecule has 1 fully saturated rings. The molecule has 0 bridgehead atoms. The van der Waals surface area contributed by atoms with Crippen molar-refractivity contribution in [2.24, 2.45) is 16.1 Å². The van der Waals surface area contributed by atoms with Gasteiger partial charge in [0.25, 0.3) is 5.91 Å². The van der Waals surface area contributed by atoms with E-state index in [1.165, 1.54) is 0 Å². The molecule has 0 aromatic heterocycles. The van der Waals surface area contributed by atoms with E-state index in [4.69, 9.17) is 0 Å². The fourth-order valence-electron chi connectivity index (χ4n) is 3.55. The highest BCUT2D eigenvalue weighted by Gasteiger charge is 2.40. The second-order valence-electron chi connectivity index (χ2n) is 7.59. The number of hydrogen-bond acceptors (Lipinski definition) is 4. The van der Waals surface area contributed by atoms with Crippen molar-refractivity contribution >= 4 is 5.91 Å². The van der Waals surface area contributed by atoms with E-state index in [0.29, 0.717) is 42.6 Å². The number of nitriles is 1. The molecule has 0 radical (unpaired) electrons. The highest BCUT2D eigenvalue weighted by atomic mass is 19.1. The van der Waals surface area contributed by atoms with E-state index in [2.05, 4.69) is 16.3 Å². The number of hydrogen-bond donors (Lipinski definition) is 0. The van der Waals surface area contributed by atoms with Crippen molar-refractivity contribution in [1.82, 2.24) is 4.90 Å². The standard InChI is InChI=1S/C20H23FN4O/c1-14(2)20(6-9-23-24-20)17-12-15(13-22)4-5-16(17)18(26)25-10-7-19(3,21)8-11-25/h4-6,9,12,14H,7-8,10-11H2,1-3H3. The van der Waals surface area contributed by atoms with Crippen molar-refractivity contribution in [1.29, 1.82) is 5.26 Å². The first-order chi connectivity index (χ1) is 12.3. The molecule has 0 saturated carbocycles. The Morgan fingerprint density at radius 2 is 2.04 bits per heavy atom. The van der Waals surface area contributed by atoms with Crippen LogP contribution in [0.2, 0.25) is 0 Å². The lowest BCUT2D eigenvalue weighted by atomic mass is 9.77. The molecule has 1 unspecified atom stereocenters. The van der Waals surface area contributed by atoms with Crippen LogP contribution in [-0.2, 0) is 5.54 Å². The molecule has 5 nitrogen and oxygen atoms in total. The Hall–Kier alpha value is -2.55. The summed E-state index contributed by atoms with van der Waals surface area (Å²) in [5.41, 5.74) is -0.316. The van der Waals surface area contributed by atoms with Crippen molar-refractivity contribution in [2.75, 3.05) is 13.1 Å². The van der Waals surface area contributed by atoms with Gasteiger partial charge in [-0.05, 0) is 55.5 Å². The monoisotopic (exact) mass is 354 g/mol. The molecule has 1 amide bonds. The number of rotatable bonds is 3. The minimum absolute atomic E-state index is 0.0565. The lowest BCUT2D eigenvalue weighted by molar-refractivity contribution is 0.0501. The van der Waals surface area contributed by atoms with Gasteiger partial charge in [-0.3, -0.25) is 4.79 Å². The van der Waals surface area contributed by atoms with E-state index in [0.717, 1.165) is 0 Å². The number of benzene rings is 1. The van der Waals surface area contributed by atoms with E-state index in [9.17, 15) is 14.4 Å². The van der Waals surface area contributed by atoms with Crippen LogP contribution in [0.5, 0.6) is 0 Å². The fraction of sp³-hybridized carbons (Fsp3) is 0.500. The number of halogens is 1. The largest absolute Gasteiger partial charge is 0.338 e. The first-order valence-corrected chi connectivity index (χ1v) is 8.92. The average Bonchev–Trinajstić information content (AvgIpc) is 3.12. The van der Waals surface area contributed by atoms with Gasteiger partial charge in [-0.2, -0.15) is 15.5 Å². The number of amides is 1. The molecule has 26 heavy (non-hydrogen) atoms. The number of carbonyl (C=O) groups excluding carboxylic acids is 1. The molecule has 1 aromatic rings. The highest BCUT2D eigenvalue weighted by molar-refractivity contribution is 5.96. The van der Waals surface area contributed by atoms with Crippen molar-refractivity contribution in [2.45, 2.75) is 44.8 Å². The zero-order chi connectivity index (χ0) is 18.9. The molecule has 2 heterocycles. The van der Waals surface area contributed by atoms with Crippen LogP contribution in [0, 0.1) is 17.2 Å². The van der Waals surface area contributed by atoms with Crippen molar-refractivity contribution in [3.63, 3.8) is 0 Å². The van der Waals surface area contributed by atoms with Crippen LogP contribution in [-0.4, -0.2) is 29.6 Å². The third-order valence-electron chi connectivity index (χ3n) is 5.40. The van der Waals surface area contributed by atoms with Crippen molar-refractivity contribution < 1.29 is 9.18 Å². The van der Waals surface area contributed by atoms with Gasteiger partial charge in [0.1, 0.15) is 11.2 Å². The number of carbonyl (C=O) groups is 1. The maximum atomic E-state index is 14.1. The maximum absolute atomic E-state index is 14.1. The molecule has 1 aromatic carbocycles. The Morgan fingerprint density at radius 3 is 2.58 bits per heavy atom. The molecule has 2 aliphatic rings. The molecular formula is C20H23FN4O. The fourth-order valence-corrected chi connectivity index (χ4v) is 3.55.